The summed E-state index contributed by atoms with van der Waals surface area (Å²) in [7, 11) is 0. The van der Waals surface area contributed by atoms with Gasteiger partial charge < -0.3 is 15.0 Å². The first-order chi connectivity index (χ1) is 13.6. The van der Waals surface area contributed by atoms with Gasteiger partial charge in [-0.3, -0.25) is 19.3 Å². The number of carbonyl (C=O) groups excluding carboxylic acids is 3. The minimum atomic E-state index is -0.290. The zero-order valence-electron chi connectivity index (χ0n) is 15.4. The van der Waals surface area contributed by atoms with Crippen LogP contribution in [0.25, 0.3) is 0 Å². The number of anilines is 3. The van der Waals surface area contributed by atoms with E-state index < -0.39 is 0 Å². The third kappa shape index (κ3) is 3.61. The van der Waals surface area contributed by atoms with Gasteiger partial charge in [-0.2, -0.15) is 0 Å². The van der Waals surface area contributed by atoms with Crippen molar-refractivity contribution in [2.45, 2.75) is 12.8 Å². The van der Waals surface area contributed by atoms with Crippen LogP contribution in [-0.4, -0.2) is 44.0 Å². The van der Waals surface area contributed by atoms with Gasteiger partial charge in [-0.25, -0.2) is 0 Å². The molecule has 7 nitrogen and oxygen atoms in total. The molecule has 0 aliphatic carbocycles. The quantitative estimate of drug-likeness (QED) is 0.826. The van der Waals surface area contributed by atoms with E-state index in [0.717, 1.165) is 23.7 Å². The molecule has 0 spiro atoms. The summed E-state index contributed by atoms with van der Waals surface area (Å²) in [6.07, 6.45) is 0.421. The molecule has 2 aliphatic heterocycles. The van der Waals surface area contributed by atoms with Gasteiger partial charge in [0.2, 0.25) is 11.8 Å². The van der Waals surface area contributed by atoms with Gasteiger partial charge in [0.1, 0.15) is 0 Å². The van der Waals surface area contributed by atoms with E-state index in [1.165, 1.54) is 0 Å². The van der Waals surface area contributed by atoms with Crippen molar-refractivity contribution in [2.75, 3.05) is 41.4 Å². The van der Waals surface area contributed by atoms with E-state index in [4.69, 9.17) is 4.74 Å². The molecule has 2 aromatic rings. The molecule has 2 saturated heterocycles. The lowest BCUT2D eigenvalue weighted by Crippen LogP contribution is -2.36. The molecule has 1 N–H and O–H groups in total. The molecule has 0 aromatic heterocycles. The van der Waals surface area contributed by atoms with E-state index in [9.17, 15) is 14.4 Å². The summed E-state index contributed by atoms with van der Waals surface area (Å²) in [5.41, 5.74) is 2.48. The van der Waals surface area contributed by atoms with E-state index in [1.807, 2.05) is 24.3 Å². The van der Waals surface area contributed by atoms with Crippen LogP contribution in [0, 0.1) is 0 Å². The molecule has 2 heterocycles. The Labute approximate surface area is 162 Å². The lowest BCUT2D eigenvalue weighted by Gasteiger charge is -2.30. The minimum Gasteiger partial charge on any atom is -0.378 e. The monoisotopic (exact) mass is 379 g/mol. The Hall–Kier alpha value is -3.19. The first-order valence-electron chi connectivity index (χ1n) is 9.32. The fraction of sp³-hybridized carbons (Fsp3) is 0.286. The number of hydrogen-bond donors (Lipinski definition) is 1. The maximum absolute atomic E-state index is 12.8. The predicted molar refractivity (Wildman–Crippen MR) is 106 cm³/mol. The normalized spacial score (nSPS) is 17.1. The van der Waals surface area contributed by atoms with Gasteiger partial charge in [0.05, 0.1) is 30.3 Å². The van der Waals surface area contributed by atoms with Crippen molar-refractivity contribution < 1.29 is 19.1 Å². The molecule has 7 heteroatoms. The standard InChI is InChI=1S/C21H21N3O4/c25-19-8-9-20(26)24(19)16-5-3-4-15(14-16)21(27)22-17-6-1-2-7-18(17)23-10-12-28-13-11-23/h1-7,14H,8-13H2,(H,22,27). The van der Waals surface area contributed by atoms with E-state index in [2.05, 4.69) is 10.2 Å². The van der Waals surface area contributed by atoms with Crippen molar-refractivity contribution in [1.29, 1.82) is 0 Å². The molecule has 4 rings (SSSR count). The number of morpholine rings is 1. The van der Waals surface area contributed by atoms with Crippen LogP contribution in [0.1, 0.15) is 23.2 Å². The number of imide groups is 1. The number of nitrogens with zero attached hydrogens (tertiary/aromatic N) is 2. The van der Waals surface area contributed by atoms with Crippen LogP contribution in [0.3, 0.4) is 0 Å². The van der Waals surface area contributed by atoms with Gasteiger partial charge >= 0.3 is 0 Å². The van der Waals surface area contributed by atoms with Crippen molar-refractivity contribution in [1.82, 2.24) is 0 Å². The Morgan fingerprint density at radius 3 is 2.39 bits per heavy atom. The zero-order valence-corrected chi connectivity index (χ0v) is 15.4. The first-order valence-corrected chi connectivity index (χ1v) is 9.32. The number of hydrogen-bond acceptors (Lipinski definition) is 5. The Morgan fingerprint density at radius 2 is 1.64 bits per heavy atom. The van der Waals surface area contributed by atoms with E-state index >= 15 is 0 Å². The number of para-hydroxylation sites is 2. The van der Waals surface area contributed by atoms with Gasteiger partial charge in [-0.15, -0.1) is 0 Å². The highest BCUT2D eigenvalue weighted by Crippen LogP contribution is 2.28. The largest absolute Gasteiger partial charge is 0.378 e. The summed E-state index contributed by atoms with van der Waals surface area (Å²) in [6.45, 7) is 2.84. The van der Waals surface area contributed by atoms with Crippen LogP contribution in [0.15, 0.2) is 48.5 Å². The number of ether oxygens (including phenoxy) is 1. The summed E-state index contributed by atoms with van der Waals surface area (Å²) in [5, 5.41) is 2.95. The Bertz CT molecular complexity index is 905. The SMILES string of the molecule is O=C(Nc1ccccc1N1CCOCC1)c1cccc(N2C(=O)CCC2=O)c1. The molecule has 0 unspecified atom stereocenters. The topological polar surface area (TPSA) is 79.0 Å². The molecular formula is C21H21N3O4. The van der Waals surface area contributed by atoms with Crippen LogP contribution in [0.4, 0.5) is 17.1 Å². The van der Waals surface area contributed by atoms with E-state index in [0.29, 0.717) is 30.2 Å². The molecule has 0 radical (unpaired) electrons. The highest BCUT2D eigenvalue weighted by molar-refractivity contribution is 6.20. The van der Waals surface area contributed by atoms with Crippen LogP contribution >= 0.6 is 0 Å². The van der Waals surface area contributed by atoms with Crippen LogP contribution in [0.5, 0.6) is 0 Å². The van der Waals surface area contributed by atoms with E-state index in [1.54, 1.807) is 24.3 Å². The average Bonchev–Trinajstić information content (AvgIpc) is 3.07. The Morgan fingerprint density at radius 1 is 0.929 bits per heavy atom. The van der Waals surface area contributed by atoms with Crippen molar-refractivity contribution in [3.8, 4) is 0 Å². The molecule has 2 fully saturated rings. The molecular weight excluding hydrogens is 358 g/mol. The number of carbonyl (C=O) groups is 3. The summed E-state index contributed by atoms with van der Waals surface area (Å²) in [6, 6.07) is 14.2. The second-order valence-electron chi connectivity index (χ2n) is 6.74. The molecule has 28 heavy (non-hydrogen) atoms. The summed E-state index contributed by atoms with van der Waals surface area (Å²) in [4.78, 5) is 40.1. The van der Waals surface area contributed by atoms with Crippen LogP contribution < -0.4 is 15.1 Å². The first kappa shape index (κ1) is 18.2. The molecule has 2 aromatic carbocycles. The second-order valence-corrected chi connectivity index (χ2v) is 6.74. The van der Waals surface area contributed by atoms with Gasteiger partial charge in [0.15, 0.2) is 0 Å². The molecule has 0 bridgehead atoms. The number of benzene rings is 2. The van der Waals surface area contributed by atoms with Gasteiger partial charge in [0, 0.05) is 31.5 Å². The molecule has 2 aliphatic rings. The summed E-state index contributed by atoms with van der Waals surface area (Å²) >= 11 is 0. The highest BCUT2D eigenvalue weighted by Gasteiger charge is 2.30. The smallest absolute Gasteiger partial charge is 0.255 e. The predicted octanol–water partition coefficient (Wildman–Crippen LogP) is 2.43. The fourth-order valence-corrected chi connectivity index (χ4v) is 3.50. The lowest BCUT2D eigenvalue weighted by atomic mass is 10.1. The van der Waals surface area contributed by atoms with Crippen molar-refractivity contribution >= 4 is 34.8 Å². The maximum Gasteiger partial charge on any atom is 0.255 e. The zero-order chi connectivity index (χ0) is 19.5. The molecule has 144 valence electrons. The third-order valence-electron chi connectivity index (χ3n) is 4.92. The van der Waals surface area contributed by atoms with Gasteiger partial charge in [-0.1, -0.05) is 18.2 Å². The highest BCUT2D eigenvalue weighted by atomic mass is 16.5. The fourth-order valence-electron chi connectivity index (χ4n) is 3.50. The van der Waals surface area contributed by atoms with Crippen LogP contribution in [0.2, 0.25) is 0 Å². The van der Waals surface area contributed by atoms with Gasteiger partial charge in [-0.05, 0) is 30.3 Å². The van der Waals surface area contributed by atoms with Crippen molar-refractivity contribution in [3.63, 3.8) is 0 Å². The average molecular weight is 379 g/mol. The van der Waals surface area contributed by atoms with Crippen molar-refractivity contribution in [3.05, 3.63) is 54.1 Å². The summed E-state index contributed by atoms with van der Waals surface area (Å²) in [5.74, 6) is -0.762. The van der Waals surface area contributed by atoms with Gasteiger partial charge in [0.25, 0.3) is 5.91 Å². The molecule has 3 amide bonds. The lowest BCUT2D eigenvalue weighted by molar-refractivity contribution is -0.121. The Balaban J connectivity index is 1.56. The summed E-state index contributed by atoms with van der Waals surface area (Å²) < 4.78 is 5.40. The second kappa shape index (κ2) is 7.82. The van der Waals surface area contributed by atoms with Crippen molar-refractivity contribution in [2.24, 2.45) is 0 Å². The minimum absolute atomic E-state index is 0.210. The maximum atomic E-state index is 12.8. The molecule has 0 saturated carbocycles. The van der Waals surface area contributed by atoms with E-state index in [-0.39, 0.29) is 30.6 Å². The van der Waals surface area contributed by atoms with Crippen LogP contribution in [-0.2, 0) is 14.3 Å². The Kier molecular flexibility index (Phi) is 5.08. The number of nitrogens with one attached hydrogen (secondary N) is 1. The molecule has 0 atom stereocenters. The number of rotatable bonds is 4. The third-order valence-corrected chi connectivity index (χ3v) is 4.92. The number of amides is 3.